The third-order valence-electron chi connectivity index (χ3n) is 12.4. The van der Waals surface area contributed by atoms with Gasteiger partial charge in [0.2, 0.25) is 5.91 Å². The number of fused-ring (bicyclic) bond motifs is 5. The molecule has 236 valence electrons. The maximum Gasteiger partial charge on any atom is 0.328 e. The Balaban J connectivity index is 1.39. The molecule has 0 spiro atoms. The third-order valence-corrected chi connectivity index (χ3v) is 12.4. The Labute approximate surface area is 248 Å². The Kier molecular flexibility index (Phi) is 10.5. The maximum absolute atomic E-state index is 13.0. The maximum atomic E-state index is 13.0. The molecule has 4 fully saturated rings. The van der Waals surface area contributed by atoms with E-state index in [2.05, 4.69) is 33.0 Å². The van der Waals surface area contributed by atoms with E-state index < -0.39 is 12.1 Å². The normalized spacial score (nSPS) is 41.6. The molecule has 0 aromatic rings. The van der Waals surface area contributed by atoms with Crippen molar-refractivity contribution >= 4 is 11.9 Å². The summed E-state index contributed by atoms with van der Waals surface area (Å²) < 4.78 is 5.42. The van der Waals surface area contributed by atoms with Gasteiger partial charge in [-0.25, -0.2) is 4.79 Å². The van der Waals surface area contributed by atoms with Crippen molar-refractivity contribution in [1.29, 1.82) is 0 Å². The van der Waals surface area contributed by atoms with Crippen LogP contribution >= 0.6 is 0 Å². The van der Waals surface area contributed by atoms with Crippen LogP contribution in [-0.2, 0) is 14.3 Å². The fraction of sp³-hybridized carbons (Fsp3) is 0.941. The number of amides is 1. The minimum Gasteiger partial charge on any atom is -0.464 e. The zero-order valence-electron chi connectivity index (χ0n) is 26.6. The van der Waals surface area contributed by atoms with E-state index in [1.165, 1.54) is 0 Å². The first-order valence-electron chi connectivity index (χ1n) is 16.8. The van der Waals surface area contributed by atoms with Gasteiger partial charge in [0.25, 0.3) is 0 Å². The fourth-order valence-electron chi connectivity index (χ4n) is 10.1. The molecule has 4 aliphatic rings. The van der Waals surface area contributed by atoms with Crippen molar-refractivity contribution in [2.24, 2.45) is 52.3 Å². The van der Waals surface area contributed by atoms with E-state index in [0.29, 0.717) is 31.8 Å². The summed E-state index contributed by atoms with van der Waals surface area (Å²) in [6, 6.07) is -0.612. The molecular weight excluding hydrogens is 518 g/mol. The largest absolute Gasteiger partial charge is 0.464 e. The standard InChI is InChI=1S/C34H59NO6/c1-7-8-15-41-32(40)27(16-20(2)3)35-30(39)12-9-21(4)24-10-11-25-31-26(19-29(38)34(24,25)6)33(5)14-13-23(36)17-22(33)18-28(31)37/h20-29,31,36-38H,7-19H2,1-6H3,(H,35,39)/t21-,22+,23-,24-,25+,26+,27+,28-,29+,31+,33+,34-/m1/s1. The summed E-state index contributed by atoms with van der Waals surface area (Å²) in [5, 5.41) is 36.6. The van der Waals surface area contributed by atoms with Crippen molar-refractivity contribution in [1.82, 2.24) is 5.32 Å². The van der Waals surface area contributed by atoms with Gasteiger partial charge in [-0.15, -0.1) is 0 Å². The number of rotatable bonds is 11. The lowest BCUT2D eigenvalue weighted by Crippen LogP contribution is -2.62. The van der Waals surface area contributed by atoms with Crippen molar-refractivity contribution in [3.63, 3.8) is 0 Å². The van der Waals surface area contributed by atoms with E-state index in [1.807, 2.05) is 13.8 Å². The lowest BCUT2D eigenvalue weighted by Gasteiger charge is -2.63. The monoisotopic (exact) mass is 577 g/mol. The molecule has 0 saturated heterocycles. The molecule has 4 aliphatic carbocycles. The average Bonchev–Trinajstić information content (AvgIpc) is 3.26. The molecule has 7 heteroatoms. The first kappa shape index (κ1) is 32.7. The van der Waals surface area contributed by atoms with Crippen LogP contribution in [0.3, 0.4) is 0 Å². The molecule has 4 N–H and O–H groups in total. The highest BCUT2D eigenvalue weighted by Gasteiger charge is 2.65. The second-order valence-electron chi connectivity index (χ2n) is 15.3. The van der Waals surface area contributed by atoms with Gasteiger partial charge in [-0.2, -0.15) is 0 Å². The van der Waals surface area contributed by atoms with Gasteiger partial charge in [0.05, 0.1) is 24.9 Å². The van der Waals surface area contributed by atoms with Crippen molar-refractivity contribution < 1.29 is 29.6 Å². The van der Waals surface area contributed by atoms with Crippen LogP contribution < -0.4 is 5.32 Å². The summed E-state index contributed by atoms with van der Waals surface area (Å²) in [4.78, 5) is 25.7. The molecule has 41 heavy (non-hydrogen) atoms. The van der Waals surface area contributed by atoms with Gasteiger partial charge >= 0.3 is 5.97 Å². The highest BCUT2D eigenvalue weighted by Crippen LogP contribution is 2.68. The predicted molar refractivity (Wildman–Crippen MR) is 160 cm³/mol. The first-order chi connectivity index (χ1) is 19.3. The Morgan fingerprint density at radius 2 is 1.73 bits per heavy atom. The molecule has 0 heterocycles. The predicted octanol–water partition coefficient (Wildman–Crippen LogP) is 5.24. The van der Waals surface area contributed by atoms with Gasteiger partial charge in [0.1, 0.15) is 6.04 Å². The summed E-state index contributed by atoms with van der Waals surface area (Å²) in [5.41, 5.74) is -0.212. The van der Waals surface area contributed by atoms with Crippen LogP contribution in [0.4, 0.5) is 0 Å². The molecule has 0 aromatic heterocycles. The van der Waals surface area contributed by atoms with Crippen molar-refractivity contribution in [2.45, 2.75) is 143 Å². The van der Waals surface area contributed by atoms with Crippen LogP contribution in [0.1, 0.15) is 119 Å². The van der Waals surface area contributed by atoms with Gasteiger partial charge in [-0.3, -0.25) is 4.79 Å². The molecule has 0 aromatic carbocycles. The number of carbonyl (C=O) groups is 2. The second-order valence-corrected chi connectivity index (χ2v) is 15.3. The number of ether oxygens (including phenoxy) is 1. The summed E-state index contributed by atoms with van der Waals surface area (Å²) >= 11 is 0. The highest BCUT2D eigenvalue weighted by atomic mass is 16.5. The zero-order chi connectivity index (χ0) is 30.1. The molecule has 4 saturated carbocycles. The van der Waals surface area contributed by atoms with Gasteiger partial charge in [0, 0.05) is 6.42 Å². The van der Waals surface area contributed by atoms with E-state index in [9.17, 15) is 24.9 Å². The van der Waals surface area contributed by atoms with Gasteiger partial charge in [-0.05, 0) is 116 Å². The Morgan fingerprint density at radius 1 is 1.00 bits per heavy atom. The molecule has 0 aliphatic heterocycles. The van der Waals surface area contributed by atoms with Crippen LogP contribution in [0.5, 0.6) is 0 Å². The van der Waals surface area contributed by atoms with Gasteiger partial charge in [0.15, 0.2) is 0 Å². The Morgan fingerprint density at radius 3 is 2.41 bits per heavy atom. The van der Waals surface area contributed by atoms with E-state index >= 15 is 0 Å². The number of aliphatic hydroxyl groups is 3. The zero-order valence-corrected chi connectivity index (χ0v) is 26.6. The summed E-state index contributed by atoms with van der Waals surface area (Å²) in [6.07, 6.45) is 8.37. The number of nitrogens with one attached hydrogen (secondary N) is 1. The number of carbonyl (C=O) groups excluding carboxylic acids is 2. The molecule has 4 rings (SSSR count). The van der Waals surface area contributed by atoms with Crippen LogP contribution in [0.15, 0.2) is 0 Å². The van der Waals surface area contributed by atoms with Crippen LogP contribution in [0.2, 0.25) is 0 Å². The van der Waals surface area contributed by atoms with Crippen LogP contribution in [0.25, 0.3) is 0 Å². The van der Waals surface area contributed by atoms with E-state index in [0.717, 1.165) is 57.8 Å². The summed E-state index contributed by atoms with van der Waals surface area (Å²) in [6.45, 7) is 13.4. The molecule has 0 unspecified atom stereocenters. The SMILES string of the molecule is CCCCOC(=O)[C@H](CC(C)C)NC(=O)CC[C@@H](C)[C@H]1CC[C@H]2[C@@H]3[C@H](O)C[C@@H]4C[C@H](O)CC[C@]4(C)[C@H]3C[C@H](O)[C@]12C. The minimum absolute atomic E-state index is 0.0669. The number of unbranched alkanes of at least 4 members (excludes halogenated alkanes) is 1. The minimum atomic E-state index is -0.612. The second kappa shape index (κ2) is 13.2. The van der Waals surface area contributed by atoms with Crippen LogP contribution in [0, 0.1) is 52.3 Å². The molecule has 1 amide bonds. The van der Waals surface area contributed by atoms with E-state index in [1.54, 1.807) is 0 Å². The molecule has 7 nitrogen and oxygen atoms in total. The number of hydrogen-bond acceptors (Lipinski definition) is 6. The fourth-order valence-corrected chi connectivity index (χ4v) is 10.1. The quantitative estimate of drug-likeness (QED) is 0.197. The number of hydrogen-bond donors (Lipinski definition) is 4. The average molecular weight is 578 g/mol. The molecular formula is C34H59NO6. The third kappa shape index (κ3) is 6.52. The van der Waals surface area contributed by atoms with Crippen LogP contribution in [-0.4, -0.2) is 58.2 Å². The highest BCUT2D eigenvalue weighted by molar-refractivity contribution is 5.84. The van der Waals surface area contributed by atoms with Gasteiger partial charge in [-0.1, -0.05) is 48.0 Å². The lowest BCUT2D eigenvalue weighted by molar-refractivity contribution is -0.207. The molecule has 0 bridgehead atoms. The Bertz CT molecular complexity index is 910. The van der Waals surface area contributed by atoms with E-state index in [4.69, 9.17) is 4.74 Å². The smallest absolute Gasteiger partial charge is 0.328 e. The van der Waals surface area contributed by atoms with E-state index in [-0.39, 0.29) is 70.4 Å². The van der Waals surface area contributed by atoms with Crippen molar-refractivity contribution in [2.75, 3.05) is 6.61 Å². The summed E-state index contributed by atoms with van der Waals surface area (Å²) in [7, 11) is 0. The van der Waals surface area contributed by atoms with Gasteiger partial charge < -0.3 is 25.4 Å². The first-order valence-corrected chi connectivity index (χ1v) is 16.8. The number of esters is 1. The lowest BCUT2D eigenvalue weighted by atomic mass is 9.43. The molecule has 12 atom stereocenters. The summed E-state index contributed by atoms with van der Waals surface area (Å²) in [5.74, 6) is 1.40. The number of aliphatic hydroxyl groups excluding tert-OH is 3. The van der Waals surface area contributed by atoms with Crippen molar-refractivity contribution in [3.8, 4) is 0 Å². The topological polar surface area (TPSA) is 116 Å². The van der Waals surface area contributed by atoms with Crippen molar-refractivity contribution in [3.05, 3.63) is 0 Å². The Hall–Kier alpha value is -1.18. The molecule has 0 radical (unpaired) electrons.